The van der Waals surface area contributed by atoms with Crippen LogP contribution in [0.2, 0.25) is 0 Å². The van der Waals surface area contributed by atoms with E-state index >= 15 is 0 Å². The fraction of sp³-hybridized carbons (Fsp3) is 0.800. The summed E-state index contributed by atoms with van der Waals surface area (Å²) in [6, 6.07) is -0.342. The lowest BCUT2D eigenvalue weighted by atomic mass is 10.1. The number of amides is 1. The number of esters is 1. The number of rotatable bonds is 6. The number of carbonyl (C=O) groups excluding carboxylic acids is 2. The van der Waals surface area contributed by atoms with E-state index in [0.29, 0.717) is 6.42 Å². The fourth-order valence-corrected chi connectivity index (χ4v) is 1.47. The van der Waals surface area contributed by atoms with Crippen LogP contribution in [0.4, 0.5) is 0 Å². The molecule has 0 bridgehead atoms. The summed E-state index contributed by atoms with van der Waals surface area (Å²) < 4.78 is 4.57. The van der Waals surface area contributed by atoms with Crippen molar-refractivity contribution < 1.29 is 14.3 Å². The molecule has 0 saturated carbocycles. The Morgan fingerprint density at radius 3 is 2.20 bits per heavy atom. The number of ether oxygens (including phenoxy) is 1. The van der Waals surface area contributed by atoms with Crippen molar-refractivity contribution in [3.05, 3.63) is 0 Å². The zero-order valence-corrected chi connectivity index (χ0v) is 9.82. The molecule has 0 saturated heterocycles. The van der Waals surface area contributed by atoms with E-state index < -0.39 is 11.9 Å². The van der Waals surface area contributed by atoms with Gasteiger partial charge in [0.2, 0.25) is 5.91 Å². The topological polar surface area (TPSA) is 72.6 Å². The van der Waals surface area contributed by atoms with Crippen LogP contribution in [-0.2, 0) is 14.3 Å². The average molecular weight is 216 g/mol. The zero-order valence-electron chi connectivity index (χ0n) is 9.82. The van der Waals surface area contributed by atoms with E-state index in [9.17, 15) is 9.59 Å². The van der Waals surface area contributed by atoms with Gasteiger partial charge in [-0.3, -0.25) is 14.5 Å². The van der Waals surface area contributed by atoms with E-state index in [0.717, 1.165) is 0 Å². The minimum atomic E-state index is -0.413. The minimum absolute atomic E-state index is 0.0709. The highest BCUT2D eigenvalue weighted by Gasteiger charge is 2.26. The summed E-state index contributed by atoms with van der Waals surface area (Å²) in [5, 5.41) is 0. The van der Waals surface area contributed by atoms with E-state index in [2.05, 4.69) is 4.74 Å². The monoisotopic (exact) mass is 216 g/mol. The number of methoxy groups -OCH3 is 1. The van der Waals surface area contributed by atoms with Crippen molar-refractivity contribution in [2.75, 3.05) is 13.7 Å². The first-order chi connectivity index (χ1) is 6.93. The largest absolute Gasteiger partial charge is 0.468 e. The Kier molecular flexibility index (Phi) is 5.93. The summed E-state index contributed by atoms with van der Waals surface area (Å²) in [6.07, 6.45) is 0.588. The summed E-state index contributed by atoms with van der Waals surface area (Å²) in [7, 11) is 1.33. The van der Waals surface area contributed by atoms with E-state index in [-0.39, 0.29) is 18.6 Å². The Morgan fingerprint density at radius 1 is 1.40 bits per heavy atom. The van der Waals surface area contributed by atoms with Crippen molar-refractivity contribution in [2.45, 2.75) is 39.3 Å². The van der Waals surface area contributed by atoms with Gasteiger partial charge < -0.3 is 10.5 Å². The molecule has 0 aliphatic heterocycles. The van der Waals surface area contributed by atoms with Gasteiger partial charge in [-0.15, -0.1) is 0 Å². The number of primary amides is 1. The normalized spacial score (nSPS) is 12.9. The van der Waals surface area contributed by atoms with E-state index in [4.69, 9.17) is 5.73 Å². The first-order valence-electron chi connectivity index (χ1n) is 5.05. The number of hydrogen-bond acceptors (Lipinski definition) is 4. The molecular formula is C10H20N2O3. The molecule has 2 N–H and O–H groups in total. The van der Waals surface area contributed by atoms with Gasteiger partial charge in [0.25, 0.3) is 0 Å². The number of carbonyl (C=O) groups is 2. The Balaban J connectivity index is 4.63. The lowest BCUT2D eigenvalue weighted by Crippen LogP contribution is -2.50. The van der Waals surface area contributed by atoms with Gasteiger partial charge in [0, 0.05) is 6.04 Å². The molecule has 0 aliphatic rings. The first-order valence-corrected chi connectivity index (χ1v) is 5.05. The smallest absolute Gasteiger partial charge is 0.319 e. The SMILES string of the molecule is CCC(C(N)=O)N(CC(=O)OC)C(C)C. The van der Waals surface area contributed by atoms with Crippen LogP contribution in [0, 0.1) is 0 Å². The van der Waals surface area contributed by atoms with Gasteiger partial charge in [-0.2, -0.15) is 0 Å². The predicted octanol–water partition coefficient (Wildman–Crippen LogP) is 0.134. The highest BCUT2D eigenvalue weighted by atomic mass is 16.5. The van der Waals surface area contributed by atoms with Gasteiger partial charge >= 0.3 is 5.97 Å². The van der Waals surface area contributed by atoms with E-state index in [1.54, 1.807) is 4.90 Å². The van der Waals surface area contributed by atoms with Crippen molar-refractivity contribution in [2.24, 2.45) is 5.73 Å². The van der Waals surface area contributed by atoms with Crippen LogP contribution in [0.1, 0.15) is 27.2 Å². The second-order valence-corrected chi connectivity index (χ2v) is 3.67. The molecule has 5 nitrogen and oxygen atoms in total. The molecule has 1 amide bonds. The zero-order chi connectivity index (χ0) is 12.0. The van der Waals surface area contributed by atoms with Gasteiger partial charge in [-0.05, 0) is 20.3 Å². The lowest BCUT2D eigenvalue weighted by molar-refractivity contribution is -0.144. The van der Waals surface area contributed by atoms with Gasteiger partial charge in [0.05, 0.1) is 19.7 Å². The molecule has 15 heavy (non-hydrogen) atoms. The molecule has 0 heterocycles. The Bertz CT molecular complexity index is 229. The maximum absolute atomic E-state index is 11.2. The molecule has 0 aromatic carbocycles. The Morgan fingerprint density at radius 2 is 1.93 bits per heavy atom. The molecular weight excluding hydrogens is 196 g/mol. The molecule has 1 unspecified atom stereocenters. The summed E-state index contributed by atoms with van der Waals surface area (Å²) in [4.78, 5) is 24.1. The summed E-state index contributed by atoms with van der Waals surface area (Å²) >= 11 is 0. The fourth-order valence-electron chi connectivity index (χ4n) is 1.47. The summed E-state index contributed by atoms with van der Waals surface area (Å²) in [5.41, 5.74) is 5.27. The predicted molar refractivity (Wildman–Crippen MR) is 57.1 cm³/mol. The molecule has 88 valence electrons. The summed E-state index contributed by atoms with van der Waals surface area (Å²) in [5.74, 6) is -0.765. The lowest BCUT2D eigenvalue weighted by Gasteiger charge is -2.31. The average Bonchev–Trinajstić information content (AvgIpc) is 2.16. The third-order valence-electron chi connectivity index (χ3n) is 2.32. The molecule has 0 fully saturated rings. The van der Waals surface area contributed by atoms with Crippen LogP contribution in [0.25, 0.3) is 0 Å². The van der Waals surface area contributed by atoms with E-state index in [1.807, 2.05) is 20.8 Å². The summed E-state index contributed by atoms with van der Waals surface area (Å²) in [6.45, 7) is 5.78. The standard InChI is InChI=1S/C10H20N2O3/c1-5-8(10(11)14)12(7(2)3)6-9(13)15-4/h7-8H,5-6H2,1-4H3,(H2,11,14). The molecule has 0 aromatic heterocycles. The van der Waals surface area contributed by atoms with Gasteiger partial charge in [0.15, 0.2) is 0 Å². The van der Waals surface area contributed by atoms with Crippen molar-refractivity contribution in [3.63, 3.8) is 0 Å². The Hall–Kier alpha value is -1.10. The molecule has 0 rings (SSSR count). The second-order valence-electron chi connectivity index (χ2n) is 3.67. The molecule has 5 heteroatoms. The van der Waals surface area contributed by atoms with Crippen molar-refractivity contribution in [1.82, 2.24) is 4.90 Å². The van der Waals surface area contributed by atoms with Crippen molar-refractivity contribution in [1.29, 1.82) is 0 Å². The molecule has 1 atom stereocenters. The van der Waals surface area contributed by atoms with E-state index in [1.165, 1.54) is 7.11 Å². The minimum Gasteiger partial charge on any atom is -0.468 e. The number of nitrogens with two attached hydrogens (primary N) is 1. The van der Waals surface area contributed by atoms with Crippen LogP contribution in [-0.4, -0.2) is 42.5 Å². The van der Waals surface area contributed by atoms with Crippen LogP contribution >= 0.6 is 0 Å². The van der Waals surface area contributed by atoms with Gasteiger partial charge in [-0.1, -0.05) is 6.92 Å². The number of hydrogen-bond donors (Lipinski definition) is 1. The first kappa shape index (κ1) is 13.9. The van der Waals surface area contributed by atoms with Crippen LogP contribution in [0.3, 0.4) is 0 Å². The van der Waals surface area contributed by atoms with Gasteiger partial charge in [-0.25, -0.2) is 0 Å². The quantitative estimate of drug-likeness (QED) is 0.641. The van der Waals surface area contributed by atoms with Crippen LogP contribution in [0.15, 0.2) is 0 Å². The number of nitrogens with zero attached hydrogens (tertiary/aromatic N) is 1. The molecule has 0 aromatic rings. The Labute approximate surface area is 90.6 Å². The highest BCUT2D eigenvalue weighted by molar-refractivity contribution is 5.81. The molecule has 0 radical (unpaired) electrons. The van der Waals surface area contributed by atoms with Gasteiger partial charge in [0.1, 0.15) is 0 Å². The van der Waals surface area contributed by atoms with Crippen LogP contribution in [0.5, 0.6) is 0 Å². The highest BCUT2D eigenvalue weighted by Crippen LogP contribution is 2.08. The maximum atomic E-state index is 11.2. The molecule has 0 aliphatic carbocycles. The molecule has 0 spiro atoms. The second kappa shape index (κ2) is 6.40. The third-order valence-corrected chi connectivity index (χ3v) is 2.32. The maximum Gasteiger partial charge on any atom is 0.319 e. The van der Waals surface area contributed by atoms with Crippen molar-refractivity contribution in [3.8, 4) is 0 Å². The third kappa shape index (κ3) is 4.29. The van der Waals surface area contributed by atoms with Crippen LogP contribution < -0.4 is 5.73 Å². The van der Waals surface area contributed by atoms with Crippen molar-refractivity contribution >= 4 is 11.9 Å².